The van der Waals surface area contributed by atoms with E-state index in [9.17, 15) is 14.0 Å². The van der Waals surface area contributed by atoms with E-state index in [1.807, 2.05) is 6.07 Å². The summed E-state index contributed by atoms with van der Waals surface area (Å²) in [5, 5.41) is 14.3. The number of carbonyl (C=O) groups is 2. The fourth-order valence-corrected chi connectivity index (χ4v) is 2.49. The van der Waals surface area contributed by atoms with E-state index < -0.39 is 17.6 Å². The second-order valence-corrected chi connectivity index (χ2v) is 5.82. The van der Waals surface area contributed by atoms with Crippen molar-refractivity contribution in [1.29, 1.82) is 5.26 Å². The fraction of sp³-hybridized carbons (Fsp3) is 0.0476. The van der Waals surface area contributed by atoms with Gasteiger partial charge >= 0.3 is 0 Å². The molecule has 0 radical (unpaired) electrons. The number of pyridine rings is 1. The molecule has 0 spiro atoms. The van der Waals surface area contributed by atoms with E-state index >= 15 is 0 Å². The molecular formula is C21H15FN4O2. The normalized spacial score (nSPS) is 10.0. The van der Waals surface area contributed by atoms with Crippen LogP contribution < -0.4 is 10.6 Å². The average Bonchev–Trinajstić information content (AvgIpc) is 2.73. The third-order valence-electron chi connectivity index (χ3n) is 3.95. The van der Waals surface area contributed by atoms with E-state index in [2.05, 4.69) is 15.6 Å². The van der Waals surface area contributed by atoms with Gasteiger partial charge in [0, 0.05) is 23.9 Å². The summed E-state index contributed by atoms with van der Waals surface area (Å²) in [6.07, 6.45) is 1.34. The summed E-state index contributed by atoms with van der Waals surface area (Å²) in [4.78, 5) is 28.7. The Morgan fingerprint density at radius 1 is 1.04 bits per heavy atom. The lowest BCUT2D eigenvalue weighted by Gasteiger charge is -2.09. The molecule has 0 unspecified atom stereocenters. The Bertz CT molecular complexity index is 1080. The van der Waals surface area contributed by atoms with Gasteiger partial charge < -0.3 is 10.6 Å². The van der Waals surface area contributed by atoms with Crippen LogP contribution in [0.5, 0.6) is 0 Å². The van der Waals surface area contributed by atoms with Crippen molar-refractivity contribution in [2.75, 3.05) is 5.32 Å². The van der Waals surface area contributed by atoms with Gasteiger partial charge in [0.05, 0.1) is 11.3 Å². The summed E-state index contributed by atoms with van der Waals surface area (Å²) in [5.41, 5.74) is 1.28. The standard InChI is InChI=1S/C21H15FN4O2/c22-17-7-3-1-6-16(17)13-25-21(28)19-11-14(9-10-24-19)20(27)26-18-8-4-2-5-15(18)12-23/h1-11H,13H2,(H,25,28)(H,26,27). The van der Waals surface area contributed by atoms with Gasteiger partial charge in [0.2, 0.25) is 0 Å². The van der Waals surface area contributed by atoms with Crippen molar-refractivity contribution in [2.45, 2.75) is 6.54 Å². The Morgan fingerprint density at radius 2 is 1.79 bits per heavy atom. The highest BCUT2D eigenvalue weighted by molar-refractivity contribution is 6.06. The quantitative estimate of drug-likeness (QED) is 0.716. The topological polar surface area (TPSA) is 94.9 Å². The Labute approximate surface area is 160 Å². The highest BCUT2D eigenvalue weighted by Gasteiger charge is 2.13. The predicted octanol–water partition coefficient (Wildman–Crippen LogP) is 3.27. The molecule has 0 saturated heterocycles. The Balaban J connectivity index is 1.71. The number of para-hydroxylation sites is 1. The number of hydrogen-bond acceptors (Lipinski definition) is 4. The van der Waals surface area contributed by atoms with Crippen molar-refractivity contribution in [3.63, 3.8) is 0 Å². The van der Waals surface area contributed by atoms with E-state index in [1.54, 1.807) is 42.5 Å². The van der Waals surface area contributed by atoms with E-state index in [0.29, 0.717) is 16.8 Å². The van der Waals surface area contributed by atoms with Crippen molar-refractivity contribution in [1.82, 2.24) is 10.3 Å². The van der Waals surface area contributed by atoms with Gasteiger partial charge in [0.1, 0.15) is 17.6 Å². The molecule has 1 aromatic heterocycles. The lowest BCUT2D eigenvalue weighted by atomic mass is 10.1. The summed E-state index contributed by atoms with van der Waals surface area (Å²) in [7, 11) is 0. The average molecular weight is 374 g/mol. The number of nitrogens with one attached hydrogen (secondary N) is 2. The highest BCUT2D eigenvalue weighted by Crippen LogP contribution is 2.15. The molecule has 138 valence electrons. The maximum atomic E-state index is 13.6. The number of amides is 2. The summed E-state index contributed by atoms with van der Waals surface area (Å²) >= 11 is 0. The van der Waals surface area contributed by atoms with E-state index in [1.165, 1.54) is 24.4 Å². The molecular weight excluding hydrogens is 359 g/mol. The van der Waals surface area contributed by atoms with Crippen LogP contribution in [-0.2, 0) is 6.54 Å². The van der Waals surface area contributed by atoms with Crippen LogP contribution in [0.1, 0.15) is 32.0 Å². The number of anilines is 1. The molecule has 0 aliphatic heterocycles. The largest absolute Gasteiger partial charge is 0.347 e. The summed E-state index contributed by atoms with van der Waals surface area (Å²) in [6.45, 7) is -0.000838. The molecule has 6 nitrogen and oxygen atoms in total. The van der Waals surface area contributed by atoms with Crippen LogP contribution in [0.25, 0.3) is 0 Å². The summed E-state index contributed by atoms with van der Waals surface area (Å²) in [6, 6.07) is 17.5. The van der Waals surface area contributed by atoms with Crippen molar-refractivity contribution < 1.29 is 14.0 Å². The summed E-state index contributed by atoms with van der Waals surface area (Å²) in [5.74, 6) is -1.43. The molecule has 2 amide bonds. The van der Waals surface area contributed by atoms with Crippen LogP contribution in [0.2, 0.25) is 0 Å². The fourth-order valence-electron chi connectivity index (χ4n) is 2.49. The Kier molecular flexibility index (Phi) is 5.72. The number of nitriles is 1. The smallest absolute Gasteiger partial charge is 0.270 e. The van der Waals surface area contributed by atoms with Gasteiger partial charge in [-0.1, -0.05) is 30.3 Å². The molecule has 28 heavy (non-hydrogen) atoms. The van der Waals surface area contributed by atoms with Gasteiger partial charge in [-0.15, -0.1) is 0 Å². The first-order valence-electron chi connectivity index (χ1n) is 8.36. The number of nitrogens with zero attached hydrogens (tertiary/aromatic N) is 2. The maximum absolute atomic E-state index is 13.6. The van der Waals surface area contributed by atoms with Crippen LogP contribution >= 0.6 is 0 Å². The number of halogens is 1. The number of carbonyl (C=O) groups excluding carboxylic acids is 2. The number of benzene rings is 2. The van der Waals surface area contributed by atoms with Crippen LogP contribution in [0.4, 0.5) is 10.1 Å². The van der Waals surface area contributed by atoms with E-state index in [4.69, 9.17) is 5.26 Å². The van der Waals surface area contributed by atoms with Gasteiger partial charge in [-0.05, 0) is 30.3 Å². The van der Waals surface area contributed by atoms with Crippen molar-refractivity contribution in [3.05, 3.63) is 95.1 Å². The van der Waals surface area contributed by atoms with Gasteiger partial charge in [-0.2, -0.15) is 5.26 Å². The molecule has 0 aliphatic rings. The lowest BCUT2D eigenvalue weighted by Crippen LogP contribution is -2.25. The lowest BCUT2D eigenvalue weighted by molar-refractivity contribution is 0.0945. The van der Waals surface area contributed by atoms with E-state index in [-0.39, 0.29) is 17.8 Å². The number of rotatable bonds is 5. The molecule has 7 heteroatoms. The van der Waals surface area contributed by atoms with Crippen LogP contribution in [0.15, 0.2) is 66.9 Å². The first kappa shape index (κ1) is 18.7. The molecule has 0 fully saturated rings. The van der Waals surface area contributed by atoms with Crippen molar-refractivity contribution in [2.24, 2.45) is 0 Å². The molecule has 2 N–H and O–H groups in total. The van der Waals surface area contributed by atoms with Crippen LogP contribution in [-0.4, -0.2) is 16.8 Å². The minimum Gasteiger partial charge on any atom is -0.347 e. The maximum Gasteiger partial charge on any atom is 0.270 e. The zero-order valence-electron chi connectivity index (χ0n) is 14.6. The molecule has 0 aliphatic carbocycles. The van der Waals surface area contributed by atoms with Gasteiger partial charge in [0.25, 0.3) is 11.8 Å². The summed E-state index contributed by atoms with van der Waals surface area (Å²) < 4.78 is 13.6. The molecule has 3 rings (SSSR count). The minimum absolute atomic E-state index is 0.000838. The second-order valence-electron chi connectivity index (χ2n) is 5.82. The van der Waals surface area contributed by atoms with Gasteiger partial charge in [-0.3, -0.25) is 14.6 Å². The number of aromatic nitrogens is 1. The molecule has 2 aromatic carbocycles. The van der Waals surface area contributed by atoms with Crippen LogP contribution in [0, 0.1) is 17.1 Å². The SMILES string of the molecule is N#Cc1ccccc1NC(=O)c1ccnc(C(=O)NCc2ccccc2F)c1. The zero-order chi connectivity index (χ0) is 19.9. The Morgan fingerprint density at radius 3 is 2.57 bits per heavy atom. The van der Waals surface area contributed by atoms with Gasteiger partial charge in [-0.25, -0.2) is 4.39 Å². The number of hydrogen-bond donors (Lipinski definition) is 2. The zero-order valence-corrected chi connectivity index (χ0v) is 14.6. The van der Waals surface area contributed by atoms with Gasteiger partial charge in [0.15, 0.2) is 0 Å². The Hall–Kier alpha value is -4.05. The minimum atomic E-state index is -0.532. The first-order valence-corrected chi connectivity index (χ1v) is 8.36. The molecule has 0 bridgehead atoms. The first-order chi connectivity index (χ1) is 13.6. The monoisotopic (exact) mass is 374 g/mol. The van der Waals surface area contributed by atoms with Crippen LogP contribution in [0.3, 0.4) is 0 Å². The highest BCUT2D eigenvalue weighted by atomic mass is 19.1. The predicted molar refractivity (Wildman–Crippen MR) is 101 cm³/mol. The van der Waals surface area contributed by atoms with Crippen molar-refractivity contribution >= 4 is 17.5 Å². The third kappa shape index (κ3) is 4.37. The van der Waals surface area contributed by atoms with E-state index in [0.717, 1.165) is 0 Å². The second kappa shape index (κ2) is 8.56. The third-order valence-corrected chi connectivity index (χ3v) is 3.95. The molecule has 3 aromatic rings. The molecule has 1 heterocycles. The molecule has 0 atom stereocenters. The molecule has 0 saturated carbocycles. The van der Waals surface area contributed by atoms with Crippen molar-refractivity contribution in [3.8, 4) is 6.07 Å².